The van der Waals surface area contributed by atoms with Crippen molar-refractivity contribution < 1.29 is 9.28 Å². The van der Waals surface area contributed by atoms with Crippen molar-refractivity contribution in [1.82, 2.24) is 5.06 Å². The van der Waals surface area contributed by atoms with E-state index < -0.39 is 0 Å². The number of quaternary nitrogens is 1. The van der Waals surface area contributed by atoms with Crippen molar-refractivity contribution in [3.63, 3.8) is 0 Å². The highest BCUT2D eigenvalue weighted by Crippen LogP contribution is 2.18. The SMILES string of the molecule is C[N+](C)(C)C1CC(=O)CCN1[O-]. The van der Waals surface area contributed by atoms with Gasteiger partial charge < -0.3 is 14.8 Å². The molecule has 0 spiro atoms. The lowest BCUT2D eigenvalue weighted by molar-refractivity contribution is -0.907. The molecule has 1 atom stereocenters. The van der Waals surface area contributed by atoms with Crippen LogP contribution >= 0.6 is 0 Å². The molecule has 1 aliphatic rings. The van der Waals surface area contributed by atoms with Gasteiger partial charge in [0.05, 0.1) is 27.6 Å². The van der Waals surface area contributed by atoms with Gasteiger partial charge in [-0.25, -0.2) is 0 Å². The van der Waals surface area contributed by atoms with Gasteiger partial charge in [0.25, 0.3) is 0 Å². The Hall–Kier alpha value is -0.450. The van der Waals surface area contributed by atoms with Crippen molar-refractivity contribution in [3.8, 4) is 0 Å². The van der Waals surface area contributed by atoms with Gasteiger partial charge >= 0.3 is 0 Å². The van der Waals surface area contributed by atoms with Gasteiger partial charge in [0, 0.05) is 6.42 Å². The molecule has 0 aromatic rings. The number of nitrogens with zero attached hydrogens (tertiary/aromatic N) is 2. The highest BCUT2D eigenvalue weighted by molar-refractivity contribution is 5.79. The molecule has 0 aliphatic carbocycles. The number of hydroxylamine groups is 2. The molecule has 0 amide bonds. The van der Waals surface area contributed by atoms with Crippen molar-refractivity contribution >= 4 is 5.78 Å². The molecule has 0 saturated carbocycles. The number of carbonyl (C=O) groups excluding carboxylic acids is 1. The fourth-order valence-corrected chi connectivity index (χ4v) is 1.45. The van der Waals surface area contributed by atoms with Crippen LogP contribution in [0.15, 0.2) is 0 Å². The average Bonchev–Trinajstić information content (AvgIpc) is 1.92. The summed E-state index contributed by atoms with van der Waals surface area (Å²) >= 11 is 0. The van der Waals surface area contributed by atoms with Gasteiger partial charge in [-0.3, -0.25) is 4.79 Å². The molecule has 0 bridgehead atoms. The van der Waals surface area contributed by atoms with Gasteiger partial charge in [-0.05, 0) is 6.54 Å². The summed E-state index contributed by atoms with van der Waals surface area (Å²) in [7, 11) is 5.82. The number of hydrogen-bond acceptors (Lipinski definition) is 3. The van der Waals surface area contributed by atoms with Crippen LogP contribution in [0.5, 0.6) is 0 Å². The van der Waals surface area contributed by atoms with Crippen LogP contribution in [0.3, 0.4) is 0 Å². The zero-order valence-corrected chi connectivity index (χ0v) is 7.91. The number of Topliss-reactive ketones (excluding diaryl/α,β-unsaturated/α-hetero) is 1. The zero-order valence-electron chi connectivity index (χ0n) is 7.91. The summed E-state index contributed by atoms with van der Waals surface area (Å²) in [5, 5.41) is 12.4. The van der Waals surface area contributed by atoms with Gasteiger partial charge in [0.2, 0.25) is 0 Å². The summed E-state index contributed by atoms with van der Waals surface area (Å²) in [5.41, 5.74) is 0. The Morgan fingerprint density at radius 3 is 2.50 bits per heavy atom. The molecule has 0 aromatic heterocycles. The topological polar surface area (TPSA) is 43.4 Å². The second-order valence-corrected chi connectivity index (χ2v) is 4.23. The van der Waals surface area contributed by atoms with Gasteiger partial charge in [-0.15, -0.1) is 0 Å². The Morgan fingerprint density at radius 1 is 1.50 bits per heavy atom. The molecular weight excluding hydrogens is 156 g/mol. The van der Waals surface area contributed by atoms with Crippen LogP contribution in [0, 0.1) is 5.21 Å². The Labute approximate surface area is 72.9 Å². The summed E-state index contributed by atoms with van der Waals surface area (Å²) in [6.45, 7) is 0.360. The number of rotatable bonds is 1. The third-order valence-electron chi connectivity index (χ3n) is 2.25. The van der Waals surface area contributed by atoms with E-state index in [1.165, 1.54) is 0 Å². The smallest absolute Gasteiger partial charge is 0.141 e. The first-order valence-corrected chi connectivity index (χ1v) is 4.18. The third kappa shape index (κ3) is 2.03. The standard InChI is InChI=1S/C8H16N2O2/c1-10(2,3)8-6-7(11)4-5-9(8)12/h8H,4-6H2,1-3H3. The van der Waals surface area contributed by atoms with E-state index >= 15 is 0 Å². The first-order chi connectivity index (χ1) is 5.41. The van der Waals surface area contributed by atoms with Gasteiger partial charge in [0.15, 0.2) is 0 Å². The van der Waals surface area contributed by atoms with Crippen LogP contribution in [0.2, 0.25) is 0 Å². The number of piperidine rings is 1. The zero-order chi connectivity index (χ0) is 9.35. The van der Waals surface area contributed by atoms with Crippen LogP contribution in [0.1, 0.15) is 12.8 Å². The maximum Gasteiger partial charge on any atom is 0.141 e. The highest BCUT2D eigenvalue weighted by Gasteiger charge is 2.31. The molecule has 0 N–H and O–H groups in total. The van der Waals surface area contributed by atoms with E-state index in [1.807, 2.05) is 21.1 Å². The van der Waals surface area contributed by atoms with E-state index in [-0.39, 0.29) is 11.9 Å². The minimum Gasteiger partial charge on any atom is -0.781 e. The third-order valence-corrected chi connectivity index (χ3v) is 2.25. The number of ketones is 1. The lowest BCUT2D eigenvalue weighted by Crippen LogP contribution is -2.56. The van der Waals surface area contributed by atoms with Gasteiger partial charge in [-0.2, -0.15) is 0 Å². The minimum absolute atomic E-state index is 0.189. The summed E-state index contributed by atoms with van der Waals surface area (Å²) in [5.74, 6) is 0.208. The molecule has 4 heteroatoms. The molecule has 4 nitrogen and oxygen atoms in total. The Kier molecular flexibility index (Phi) is 2.51. The lowest BCUT2D eigenvalue weighted by Gasteiger charge is -2.46. The van der Waals surface area contributed by atoms with Gasteiger partial charge in [0.1, 0.15) is 11.9 Å². The molecular formula is C8H16N2O2. The normalized spacial score (nSPS) is 27.7. The molecule has 1 unspecified atom stereocenters. The summed E-state index contributed by atoms with van der Waals surface area (Å²) in [6, 6.07) is 0. The molecule has 1 aliphatic heterocycles. The van der Waals surface area contributed by atoms with Crippen molar-refractivity contribution in [3.05, 3.63) is 5.21 Å². The minimum atomic E-state index is -0.189. The molecule has 0 aromatic carbocycles. The molecule has 12 heavy (non-hydrogen) atoms. The molecule has 1 rings (SSSR count). The van der Waals surface area contributed by atoms with Crippen molar-refractivity contribution in [2.75, 3.05) is 27.7 Å². The van der Waals surface area contributed by atoms with Crippen molar-refractivity contribution in [2.45, 2.75) is 19.0 Å². The predicted octanol–water partition coefficient (Wildman–Crippen LogP) is 0.181. The van der Waals surface area contributed by atoms with Crippen molar-refractivity contribution in [2.24, 2.45) is 0 Å². The van der Waals surface area contributed by atoms with Crippen LogP contribution in [-0.4, -0.2) is 49.2 Å². The second kappa shape index (κ2) is 3.12. The van der Waals surface area contributed by atoms with Crippen LogP contribution < -0.4 is 0 Å². The average molecular weight is 172 g/mol. The first kappa shape index (κ1) is 9.64. The largest absolute Gasteiger partial charge is 0.781 e. The van der Waals surface area contributed by atoms with E-state index in [1.54, 1.807) is 0 Å². The Bertz CT molecular complexity index is 186. The summed E-state index contributed by atoms with van der Waals surface area (Å²) in [4.78, 5) is 11.1. The molecule has 70 valence electrons. The van der Waals surface area contributed by atoms with E-state index in [9.17, 15) is 10.0 Å². The Balaban J connectivity index is 2.67. The van der Waals surface area contributed by atoms with Crippen LogP contribution in [-0.2, 0) is 4.79 Å². The van der Waals surface area contributed by atoms with Crippen LogP contribution in [0.4, 0.5) is 0 Å². The maximum atomic E-state index is 11.3. The van der Waals surface area contributed by atoms with Crippen molar-refractivity contribution in [1.29, 1.82) is 0 Å². The predicted molar refractivity (Wildman–Crippen MR) is 46.1 cm³/mol. The van der Waals surface area contributed by atoms with Gasteiger partial charge in [-0.1, -0.05) is 0 Å². The second-order valence-electron chi connectivity index (χ2n) is 4.23. The van der Waals surface area contributed by atoms with E-state index in [4.69, 9.17) is 0 Å². The summed E-state index contributed by atoms with van der Waals surface area (Å²) < 4.78 is 0.537. The molecule has 1 heterocycles. The van der Waals surface area contributed by atoms with E-state index in [0.717, 1.165) is 5.06 Å². The van der Waals surface area contributed by atoms with E-state index in [0.29, 0.717) is 23.9 Å². The summed E-state index contributed by atoms with van der Waals surface area (Å²) in [6.07, 6.45) is 0.624. The van der Waals surface area contributed by atoms with E-state index in [2.05, 4.69) is 0 Å². The molecule has 1 saturated heterocycles. The fraction of sp³-hybridized carbons (Fsp3) is 0.875. The quantitative estimate of drug-likeness (QED) is 0.530. The molecule has 1 fully saturated rings. The molecule has 0 radical (unpaired) electrons. The van der Waals surface area contributed by atoms with Crippen LogP contribution in [0.25, 0.3) is 0 Å². The maximum absolute atomic E-state index is 11.3. The monoisotopic (exact) mass is 172 g/mol. The fourth-order valence-electron chi connectivity index (χ4n) is 1.45. The lowest BCUT2D eigenvalue weighted by atomic mass is 10.1. The number of hydrogen-bond donors (Lipinski definition) is 0. The first-order valence-electron chi connectivity index (χ1n) is 4.18. The highest BCUT2D eigenvalue weighted by atomic mass is 16.5. The Morgan fingerprint density at radius 2 is 2.08 bits per heavy atom. The number of carbonyl (C=O) groups is 1.